The Morgan fingerprint density at radius 2 is 1.82 bits per heavy atom. The number of aromatic nitrogens is 1. The molecule has 1 aliphatic rings. The lowest BCUT2D eigenvalue weighted by Gasteiger charge is -2.09. The number of carbonyl (C=O) groups excluding carboxylic acids is 2. The van der Waals surface area contributed by atoms with Crippen molar-refractivity contribution in [1.82, 2.24) is 5.16 Å². The molecule has 0 saturated heterocycles. The van der Waals surface area contributed by atoms with Crippen LogP contribution in [0.5, 0.6) is 11.5 Å². The van der Waals surface area contributed by atoms with E-state index in [1.165, 1.54) is 0 Å². The fraction of sp³-hybridized carbons (Fsp3) is 0.227. The van der Waals surface area contributed by atoms with E-state index in [0.717, 1.165) is 49.7 Å². The number of nitrogens with one attached hydrogen (secondary N) is 1. The van der Waals surface area contributed by atoms with E-state index in [1.54, 1.807) is 48.5 Å². The number of para-hydroxylation sites is 1. The van der Waals surface area contributed by atoms with Crippen LogP contribution >= 0.6 is 0 Å². The summed E-state index contributed by atoms with van der Waals surface area (Å²) >= 11 is 0. The number of amides is 1. The van der Waals surface area contributed by atoms with Crippen molar-refractivity contribution in [2.24, 2.45) is 0 Å². The molecule has 1 amide bonds. The molecule has 6 nitrogen and oxygen atoms in total. The molecule has 0 fully saturated rings. The number of nitrogens with zero attached hydrogens (tertiary/aromatic N) is 1. The Hall–Kier alpha value is -3.41. The van der Waals surface area contributed by atoms with Gasteiger partial charge in [0.2, 0.25) is 0 Å². The quantitative estimate of drug-likeness (QED) is 0.511. The molecule has 3 aromatic rings. The monoisotopic (exact) mass is 376 g/mol. The van der Waals surface area contributed by atoms with Gasteiger partial charge < -0.3 is 14.6 Å². The highest BCUT2D eigenvalue weighted by Crippen LogP contribution is 2.27. The summed E-state index contributed by atoms with van der Waals surface area (Å²) in [5, 5.41) is 6.84. The normalized spacial score (nSPS) is 13.3. The largest absolute Gasteiger partial charge is 0.457 e. The minimum absolute atomic E-state index is 0.271. The molecule has 1 heterocycles. The van der Waals surface area contributed by atoms with Crippen LogP contribution in [-0.2, 0) is 12.8 Å². The van der Waals surface area contributed by atoms with Crippen molar-refractivity contribution >= 4 is 17.9 Å². The van der Waals surface area contributed by atoms with E-state index >= 15 is 0 Å². The number of fused-ring (bicyclic) bond motifs is 1. The molecule has 1 aliphatic carbocycles. The van der Waals surface area contributed by atoms with Gasteiger partial charge in [0.15, 0.2) is 12.0 Å². The van der Waals surface area contributed by atoms with Crippen LogP contribution in [0.25, 0.3) is 0 Å². The first-order chi connectivity index (χ1) is 13.7. The summed E-state index contributed by atoms with van der Waals surface area (Å²) in [6.07, 6.45) is 5.67. The predicted octanol–water partition coefficient (Wildman–Crippen LogP) is 4.80. The topological polar surface area (TPSA) is 81.4 Å². The van der Waals surface area contributed by atoms with Gasteiger partial charge in [-0.25, -0.2) is 0 Å². The molecule has 2 aromatic carbocycles. The van der Waals surface area contributed by atoms with Gasteiger partial charge in [-0.1, -0.05) is 23.7 Å². The molecular weight excluding hydrogens is 356 g/mol. The van der Waals surface area contributed by atoms with Crippen molar-refractivity contribution in [3.8, 4) is 11.5 Å². The number of carbonyl (C=O) groups is 2. The second-order valence-corrected chi connectivity index (χ2v) is 6.73. The van der Waals surface area contributed by atoms with Crippen molar-refractivity contribution in [3.05, 3.63) is 71.1 Å². The van der Waals surface area contributed by atoms with E-state index in [-0.39, 0.29) is 5.91 Å². The van der Waals surface area contributed by atoms with Crippen molar-refractivity contribution in [1.29, 1.82) is 0 Å². The summed E-state index contributed by atoms with van der Waals surface area (Å²) < 4.78 is 11.1. The average Bonchev–Trinajstić information content (AvgIpc) is 2.98. The van der Waals surface area contributed by atoms with Gasteiger partial charge in [-0.05, 0) is 55.7 Å². The second kappa shape index (κ2) is 8.08. The van der Waals surface area contributed by atoms with Crippen LogP contribution in [0.1, 0.15) is 51.4 Å². The maximum atomic E-state index is 12.6. The molecule has 0 unspecified atom stereocenters. The number of rotatable bonds is 5. The van der Waals surface area contributed by atoms with Crippen LogP contribution < -0.4 is 10.1 Å². The van der Waals surface area contributed by atoms with Gasteiger partial charge in [-0.3, -0.25) is 9.59 Å². The lowest BCUT2D eigenvalue weighted by atomic mass is 10.1. The van der Waals surface area contributed by atoms with Crippen LogP contribution in [-0.4, -0.2) is 17.4 Å². The van der Waals surface area contributed by atoms with Gasteiger partial charge in [0.05, 0.1) is 5.56 Å². The highest BCUT2D eigenvalue weighted by molar-refractivity contribution is 6.04. The number of hydrogen-bond acceptors (Lipinski definition) is 5. The highest BCUT2D eigenvalue weighted by Gasteiger charge is 2.23. The summed E-state index contributed by atoms with van der Waals surface area (Å²) in [7, 11) is 0. The molecule has 0 spiro atoms. The lowest BCUT2D eigenvalue weighted by molar-refractivity contribution is 0.101. The van der Waals surface area contributed by atoms with Crippen molar-refractivity contribution < 1.29 is 18.8 Å². The molecule has 6 heteroatoms. The Balaban J connectivity index is 1.45. The zero-order valence-corrected chi connectivity index (χ0v) is 15.3. The summed E-state index contributed by atoms with van der Waals surface area (Å²) in [6, 6.07) is 14.0. The third kappa shape index (κ3) is 3.81. The number of aldehydes is 1. The lowest BCUT2D eigenvalue weighted by Crippen LogP contribution is -2.14. The minimum Gasteiger partial charge on any atom is -0.457 e. The Kier molecular flexibility index (Phi) is 5.19. The summed E-state index contributed by atoms with van der Waals surface area (Å²) in [5.74, 6) is 1.62. The molecule has 0 aliphatic heterocycles. The Bertz CT molecular complexity index is 992. The maximum absolute atomic E-state index is 12.6. The van der Waals surface area contributed by atoms with E-state index in [1.807, 2.05) is 0 Å². The SMILES string of the molecule is O=Cc1ccccc1Oc1ccc(NC(=O)c2noc3c2CCCCC3)cc1. The number of benzene rings is 2. The Morgan fingerprint density at radius 1 is 1.04 bits per heavy atom. The van der Waals surface area contributed by atoms with Crippen molar-refractivity contribution in [3.63, 3.8) is 0 Å². The van der Waals surface area contributed by atoms with Gasteiger partial charge in [0.25, 0.3) is 5.91 Å². The van der Waals surface area contributed by atoms with E-state index in [9.17, 15) is 9.59 Å². The highest BCUT2D eigenvalue weighted by atomic mass is 16.5. The Morgan fingerprint density at radius 3 is 2.64 bits per heavy atom. The average molecular weight is 376 g/mol. The fourth-order valence-electron chi connectivity index (χ4n) is 3.33. The predicted molar refractivity (Wildman–Crippen MR) is 104 cm³/mol. The maximum Gasteiger partial charge on any atom is 0.278 e. The zero-order valence-electron chi connectivity index (χ0n) is 15.3. The van der Waals surface area contributed by atoms with Gasteiger partial charge in [0.1, 0.15) is 17.3 Å². The first kappa shape index (κ1) is 18.0. The van der Waals surface area contributed by atoms with Crippen LogP contribution in [0.3, 0.4) is 0 Å². The third-order valence-electron chi connectivity index (χ3n) is 4.80. The number of aryl methyl sites for hydroxylation is 1. The van der Waals surface area contributed by atoms with E-state index in [0.29, 0.717) is 28.4 Å². The zero-order chi connectivity index (χ0) is 19.3. The van der Waals surface area contributed by atoms with Crippen molar-refractivity contribution in [2.75, 3.05) is 5.32 Å². The number of anilines is 1. The molecule has 142 valence electrons. The van der Waals surface area contributed by atoms with Gasteiger partial charge >= 0.3 is 0 Å². The second-order valence-electron chi connectivity index (χ2n) is 6.73. The summed E-state index contributed by atoms with van der Waals surface area (Å²) in [6.45, 7) is 0. The van der Waals surface area contributed by atoms with Crippen LogP contribution in [0.15, 0.2) is 53.1 Å². The van der Waals surface area contributed by atoms with Gasteiger partial charge in [0, 0.05) is 17.7 Å². The molecule has 1 aromatic heterocycles. The molecular formula is C22H20N2O4. The van der Waals surface area contributed by atoms with Crippen LogP contribution in [0.2, 0.25) is 0 Å². The molecule has 1 N–H and O–H groups in total. The Labute approximate surface area is 162 Å². The molecule has 0 bridgehead atoms. The third-order valence-corrected chi connectivity index (χ3v) is 4.80. The van der Waals surface area contributed by atoms with Crippen molar-refractivity contribution in [2.45, 2.75) is 32.1 Å². The van der Waals surface area contributed by atoms with Crippen LogP contribution in [0.4, 0.5) is 5.69 Å². The van der Waals surface area contributed by atoms with Gasteiger partial charge in [-0.15, -0.1) is 0 Å². The van der Waals surface area contributed by atoms with E-state index < -0.39 is 0 Å². The van der Waals surface area contributed by atoms with E-state index in [2.05, 4.69) is 10.5 Å². The molecule has 0 radical (unpaired) electrons. The van der Waals surface area contributed by atoms with Crippen LogP contribution in [0, 0.1) is 0 Å². The first-order valence-electron chi connectivity index (χ1n) is 9.35. The molecule has 28 heavy (non-hydrogen) atoms. The fourth-order valence-corrected chi connectivity index (χ4v) is 3.33. The summed E-state index contributed by atoms with van der Waals surface area (Å²) in [4.78, 5) is 23.7. The number of ether oxygens (including phenoxy) is 1. The minimum atomic E-state index is -0.271. The van der Waals surface area contributed by atoms with E-state index in [4.69, 9.17) is 9.26 Å². The first-order valence-corrected chi connectivity index (χ1v) is 9.35. The van der Waals surface area contributed by atoms with Gasteiger partial charge in [-0.2, -0.15) is 0 Å². The molecule has 0 saturated carbocycles. The molecule has 4 rings (SSSR count). The molecule has 0 atom stereocenters. The standard InChI is InChI=1S/C22H20N2O4/c25-14-15-6-4-5-8-19(15)27-17-12-10-16(11-13-17)23-22(26)21-18-7-2-1-3-9-20(18)28-24-21/h4-6,8,10-14H,1-3,7,9H2,(H,23,26). The summed E-state index contributed by atoms with van der Waals surface area (Å²) in [5.41, 5.74) is 2.41. The smallest absolute Gasteiger partial charge is 0.278 e. The number of hydrogen-bond donors (Lipinski definition) is 1.